The van der Waals surface area contributed by atoms with E-state index < -0.39 is 30.1 Å². The first-order chi connectivity index (χ1) is 11.3. The van der Waals surface area contributed by atoms with Crippen LogP contribution in [0.2, 0.25) is 0 Å². The number of fused-ring (bicyclic) bond motifs is 1. The Morgan fingerprint density at radius 3 is 2.12 bits per heavy atom. The maximum Gasteiger partial charge on any atom is 0.494 e. The first kappa shape index (κ1) is 18.3. The summed E-state index contributed by atoms with van der Waals surface area (Å²) in [5.41, 5.74) is -1.27. The second-order valence-electron chi connectivity index (χ2n) is 7.77. The summed E-state index contributed by atoms with van der Waals surface area (Å²) in [6.07, 6.45) is -3.05. The van der Waals surface area contributed by atoms with Gasteiger partial charge in [0.15, 0.2) is 0 Å². The Kier molecular flexibility index (Phi) is 4.00. The zero-order valence-corrected chi connectivity index (χ0v) is 15.2. The monoisotopic (exact) mass is 354 g/mol. The molecule has 8 heteroatoms. The van der Waals surface area contributed by atoms with Crippen molar-refractivity contribution in [1.29, 1.82) is 0 Å². The first-order valence-corrected chi connectivity index (χ1v) is 8.27. The van der Waals surface area contributed by atoms with Gasteiger partial charge in [-0.1, -0.05) is 0 Å². The van der Waals surface area contributed by atoms with Crippen LogP contribution in [0.1, 0.15) is 53.1 Å². The Hall–Kier alpha value is -1.54. The molecule has 1 aliphatic rings. The molecule has 1 aromatic carbocycles. The minimum atomic E-state index is -4.50. The third kappa shape index (κ3) is 2.95. The zero-order chi connectivity index (χ0) is 18.8. The topological polar surface area (TPSA) is 36.3 Å². The summed E-state index contributed by atoms with van der Waals surface area (Å²) < 4.78 is 54.4. The molecule has 0 bridgehead atoms. The second kappa shape index (κ2) is 5.48. The predicted octanol–water partition coefficient (Wildman–Crippen LogP) is 3.94. The van der Waals surface area contributed by atoms with Gasteiger partial charge in [0.05, 0.1) is 34.1 Å². The fourth-order valence-electron chi connectivity index (χ4n) is 2.92. The van der Waals surface area contributed by atoms with Gasteiger partial charge in [-0.2, -0.15) is 13.2 Å². The third-order valence-electron chi connectivity index (χ3n) is 5.08. The molecule has 0 unspecified atom stereocenters. The summed E-state index contributed by atoms with van der Waals surface area (Å²) in [5.74, 6) is 0. The average Bonchev–Trinajstić information content (AvgIpc) is 2.95. The van der Waals surface area contributed by atoms with E-state index >= 15 is 0 Å². The van der Waals surface area contributed by atoms with E-state index in [1.54, 1.807) is 6.07 Å². The molecule has 1 saturated heterocycles. The van der Waals surface area contributed by atoms with Gasteiger partial charge in [-0.05, 0) is 59.1 Å². The number of benzene rings is 1. The number of rotatable bonds is 2. The van der Waals surface area contributed by atoms with Gasteiger partial charge < -0.3 is 13.9 Å². The molecule has 3 rings (SSSR count). The van der Waals surface area contributed by atoms with Gasteiger partial charge in [-0.25, -0.2) is 4.98 Å². The number of halogens is 3. The summed E-state index contributed by atoms with van der Waals surface area (Å²) in [6, 6.07) is 2.60. The lowest BCUT2D eigenvalue weighted by Gasteiger charge is -2.32. The maximum atomic E-state index is 13.7. The molecule has 25 heavy (non-hydrogen) atoms. The van der Waals surface area contributed by atoms with Crippen molar-refractivity contribution in [3.05, 3.63) is 24.0 Å². The number of alkyl halides is 3. The Balaban J connectivity index is 2.17. The standard InChI is InChI=1S/C17H22BF3N2O2/c1-10(2)23-9-22-13-8-11(7-12(14(13)23)17(19,20)21)18-24-15(3,4)16(5,6)25-18/h7-10H,1-6H3. The molecule has 0 N–H and O–H groups in total. The van der Waals surface area contributed by atoms with Gasteiger partial charge >= 0.3 is 13.3 Å². The predicted molar refractivity (Wildman–Crippen MR) is 90.8 cm³/mol. The molecule has 0 amide bonds. The summed E-state index contributed by atoms with van der Waals surface area (Å²) >= 11 is 0. The lowest BCUT2D eigenvalue weighted by molar-refractivity contribution is -0.136. The molecule has 0 atom stereocenters. The maximum absolute atomic E-state index is 13.7. The van der Waals surface area contributed by atoms with Crippen molar-refractivity contribution in [1.82, 2.24) is 9.55 Å². The fourth-order valence-corrected chi connectivity index (χ4v) is 2.92. The van der Waals surface area contributed by atoms with Crippen LogP contribution in [0.15, 0.2) is 18.5 Å². The molecule has 0 spiro atoms. The Morgan fingerprint density at radius 2 is 1.64 bits per heavy atom. The van der Waals surface area contributed by atoms with E-state index in [2.05, 4.69) is 4.98 Å². The molecule has 136 valence electrons. The lowest BCUT2D eigenvalue weighted by atomic mass is 9.78. The van der Waals surface area contributed by atoms with E-state index in [1.807, 2.05) is 41.5 Å². The largest absolute Gasteiger partial charge is 0.494 e. The Labute approximate surface area is 145 Å². The van der Waals surface area contributed by atoms with Crippen LogP contribution in [0.3, 0.4) is 0 Å². The van der Waals surface area contributed by atoms with E-state index in [0.29, 0.717) is 5.46 Å². The third-order valence-corrected chi connectivity index (χ3v) is 5.08. The van der Waals surface area contributed by atoms with Crippen LogP contribution in [0, 0.1) is 0 Å². The minimum absolute atomic E-state index is 0.0859. The van der Waals surface area contributed by atoms with Gasteiger partial charge in [-0.3, -0.25) is 0 Å². The SMILES string of the molecule is CC(C)n1cnc2cc(B3OC(C)(C)C(C)(C)O3)cc(C(F)(F)F)c21. The van der Waals surface area contributed by atoms with E-state index in [1.165, 1.54) is 10.9 Å². The van der Waals surface area contributed by atoms with Crippen LogP contribution in [0.5, 0.6) is 0 Å². The zero-order valence-electron chi connectivity index (χ0n) is 15.2. The van der Waals surface area contributed by atoms with Gasteiger partial charge in [-0.15, -0.1) is 0 Å². The van der Waals surface area contributed by atoms with Crippen molar-refractivity contribution < 1.29 is 22.5 Å². The van der Waals surface area contributed by atoms with E-state index in [0.717, 1.165) is 6.07 Å². The van der Waals surface area contributed by atoms with Crippen LogP contribution >= 0.6 is 0 Å². The highest BCUT2D eigenvalue weighted by Gasteiger charge is 2.52. The van der Waals surface area contributed by atoms with E-state index in [9.17, 15) is 13.2 Å². The summed E-state index contributed by atoms with van der Waals surface area (Å²) in [6.45, 7) is 11.1. The van der Waals surface area contributed by atoms with Gasteiger partial charge in [0.1, 0.15) is 0 Å². The van der Waals surface area contributed by atoms with Crippen LogP contribution < -0.4 is 5.46 Å². The van der Waals surface area contributed by atoms with Crippen molar-refractivity contribution in [3.8, 4) is 0 Å². The number of hydrogen-bond donors (Lipinski definition) is 0. The van der Waals surface area contributed by atoms with Gasteiger partial charge in [0.2, 0.25) is 0 Å². The van der Waals surface area contributed by atoms with Crippen molar-refractivity contribution in [2.75, 3.05) is 0 Å². The highest BCUT2D eigenvalue weighted by molar-refractivity contribution is 6.62. The lowest BCUT2D eigenvalue weighted by Crippen LogP contribution is -2.41. The molecule has 0 aliphatic carbocycles. The summed E-state index contributed by atoms with van der Waals surface area (Å²) in [5, 5.41) is 0. The fraction of sp³-hybridized carbons (Fsp3) is 0.588. The van der Waals surface area contributed by atoms with E-state index in [4.69, 9.17) is 9.31 Å². The average molecular weight is 354 g/mol. The molecule has 2 aromatic rings. The molecule has 1 fully saturated rings. The van der Waals surface area contributed by atoms with Crippen molar-refractivity contribution in [2.45, 2.75) is 65.0 Å². The Bertz CT molecular complexity index is 796. The van der Waals surface area contributed by atoms with Crippen molar-refractivity contribution >= 4 is 23.6 Å². The highest BCUT2D eigenvalue weighted by atomic mass is 19.4. The smallest absolute Gasteiger partial charge is 0.399 e. The van der Waals surface area contributed by atoms with Gasteiger partial charge in [0, 0.05) is 6.04 Å². The molecule has 1 aliphatic heterocycles. The summed E-state index contributed by atoms with van der Waals surface area (Å²) in [4.78, 5) is 4.17. The van der Waals surface area contributed by atoms with Crippen LogP contribution in [-0.2, 0) is 15.5 Å². The van der Waals surface area contributed by atoms with Crippen LogP contribution in [-0.4, -0.2) is 27.9 Å². The minimum Gasteiger partial charge on any atom is -0.399 e. The van der Waals surface area contributed by atoms with Crippen molar-refractivity contribution in [3.63, 3.8) is 0 Å². The molecule has 4 nitrogen and oxygen atoms in total. The molecular formula is C17H22BF3N2O2. The first-order valence-electron chi connectivity index (χ1n) is 8.27. The molecule has 1 aromatic heterocycles. The number of nitrogens with zero attached hydrogens (tertiary/aromatic N) is 2. The van der Waals surface area contributed by atoms with Crippen LogP contribution in [0.4, 0.5) is 13.2 Å². The normalized spacial score (nSPS) is 20.0. The van der Waals surface area contributed by atoms with Gasteiger partial charge in [0.25, 0.3) is 0 Å². The van der Waals surface area contributed by atoms with Crippen LogP contribution in [0.25, 0.3) is 11.0 Å². The van der Waals surface area contributed by atoms with Crippen molar-refractivity contribution in [2.24, 2.45) is 0 Å². The number of aromatic nitrogens is 2. The second-order valence-corrected chi connectivity index (χ2v) is 7.77. The van der Waals surface area contributed by atoms with E-state index in [-0.39, 0.29) is 17.1 Å². The summed E-state index contributed by atoms with van der Waals surface area (Å²) in [7, 11) is -0.861. The number of imidazole rings is 1. The molecule has 0 radical (unpaired) electrons. The highest BCUT2D eigenvalue weighted by Crippen LogP contribution is 2.38. The number of hydrogen-bond acceptors (Lipinski definition) is 3. The molecule has 2 heterocycles. The molecular weight excluding hydrogens is 332 g/mol. The molecule has 0 saturated carbocycles. The Morgan fingerprint density at radius 1 is 1.08 bits per heavy atom. The quantitative estimate of drug-likeness (QED) is 0.767.